The summed E-state index contributed by atoms with van der Waals surface area (Å²) in [5.74, 6) is 6.44. The molecular formula is C28H46O. The van der Waals surface area contributed by atoms with Crippen molar-refractivity contribution in [3.8, 4) is 0 Å². The van der Waals surface area contributed by atoms with E-state index in [1.165, 1.54) is 56.9 Å². The zero-order chi connectivity index (χ0) is 21.0. The quantitative estimate of drug-likeness (QED) is 0.461. The fourth-order valence-corrected chi connectivity index (χ4v) is 8.93. The molecule has 0 bridgehead atoms. The number of rotatable bonds is 5. The van der Waals surface area contributed by atoms with E-state index in [2.05, 4.69) is 47.6 Å². The molecule has 8 unspecified atom stereocenters. The van der Waals surface area contributed by atoms with Gasteiger partial charge < -0.3 is 0 Å². The number of ketones is 1. The Bertz CT molecular complexity index is 659. The van der Waals surface area contributed by atoms with Gasteiger partial charge in [0.25, 0.3) is 0 Å². The summed E-state index contributed by atoms with van der Waals surface area (Å²) in [5.41, 5.74) is 2.39. The van der Waals surface area contributed by atoms with E-state index in [4.69, 9.17) is 0 Å². The molecule has 0 amide bonds. The van der Waals surface area contributed by atoms with Crippen molar-refractivity contribution in [1.82, 2.24) is 0 Å². The third kappa shape index (κ3) is 3.57. The van der Waals surface area contributed by atoms with Crippen LogP contribution in [0.2, 0.25) is 0 Å². The number of carbonyl (C=O) groups excluding carboxylic acids is 1. The van der Waals surface area contributed by atoms with Crippen LogP contribution in [0, 0.1) is 52.3 Å². The number of hydrogen-bond acceptors (Lipinski definition) is 1. The van der Waals surface area contributed by atoms with Gasteiger partial charge in [-0.15, -0.1) is 0 Å². The standard InChI is InChI=1S/C28H46O/c1-18(2)8-7-9-19(3)23-10-11-24-26-20(4)16-21-17-22(29)12-14-27(21,5)25(26)13-15-28(23,24)6/h17-20,23-26H,7-16H2,1-6H3. The number of allylic oxidation sites excluding steroid dienone is 1. The lowest BCUT2D eigenvalue weighted by Crippen LogP contribution is -2.53. The van der Waals surface area contributed by atoms with Gasteiger partial charge in [0.05, 0.1) is 0 Å². The van der Waals surface area contributed by atoms with Gasteiger partial charge in [0.2, 0.25) is 0 Å². The molecule has 4 aliphatic rings. The summed E-state index contributed by atoms with van der Waals surface area (Å²) in [7, 11) is 0. The molecular weight excluding hydrogens is 352 g/mol. The lowest BCUT2D eigenvalue weighted by atomic mass is 9.44. The lowest BCUT2D eigenvalue weighted by Gasteiger charge is -2.60. The lowest BCUT2D eigenvalue weighted by molar-refractivity contribution is -0.118. The van der Waals surface area contributed by atoms with Crippen molar-refractivity contribution in [3.63, 3.8) is 0 Å². The molecule has 1 heteroatoms. The highest BCUT2D eigenvalue weighted by Gasteiger charge is 2.60. The van der Waals surface area contributed by atoms with Gasteiger partial charge in [-0.3, -0.25) is 4.79 Å². The average molecular weight is 399 g/mol. The second kappa shape index (κ2) is 7.83. The predicted molar refractivity (Wildman–Crippen MR) is 123 cm³/mol. The zero-order valence-corrected chi connectivity index (χ0v) is 20.1. The maximum absolute atomic E-state index is 12.1. The van der Waals surface area contributed by atoms with Crippen molar-refractivity contribution in [3.05, 3.63) is 11.6 Å². The van der Waals surface area contributed by atoms with E-state index in [-0.39, 0.29) is 0 Å². The van der Waals surface area contributed by atoms with E-state index < -0.39 is 0 Å². The second-order valence-corrected chi connectivity index (χ2v) is 12.6. The molecule has 164 valence electrons. The molecule has 3 fully saturated rings. The van der Waals surface area contributed by atoms with Gasteiger partial charge in [-0.25, -0.2) is 0 Å². The smallest absolute Gasteiger partial charge is 0.155 e. The van der Waals surface area contributed by atoms with Crippen LogP contribution in [0.3, 0.4) is 0 Å². The number of hydrogen-bond donors (Lipinski definition) is 0. The first-order valence-electron chi connectivity index (χ1n) is 12.9. The van der Waals surface area contributed by atoms with E-state index in [1.807, 2.05) is 0 Å². The topological polar surface area (TPSA) is 17.1 Å². The Hall–Kier alpha value is -0.590. The predicted octanol–water partition coefficient (Wildman–Crippen LogP) is 7.84. The molecule has 3 saturated carbocycles. The number of carbonyl (C=O) groups is 1. The maximum atomic E-state index is 12.1. The van der Waals surface area contributed by atoms with Crippen LogP contribution >= 0.6 is 0 Å². The first-order chi connectivity index (χ1) is 13.7. The molecule has 4 rings (SSSR count). The number of fused-ring (bicyclic) bond motifs is 5. The summed E-state index contributed by atoms with van der Waals surface area (Å²) in [6.07, 6.45) is 15.2. The van der Waals surface area contributed by atoms with E-state index >= 15 is 0 Å². The van der Waals surface area contributed by atoms with Crippen LogP contribution in [0.1, 0.15) is 106 Å². The summed E-state index contributed by atoms with van der Waals surface area (Å²) in [4.78, 5) is 12.1. The van der Waals surface area contributed by atoms with E-state index in [1.54, 1.807) is 0 Å². The van der Waals surface area contributed by atoms with Crippen molar-refractivity contribution in [2.45, 2.75) is 106 Å². The summed E-state index contributed by atoms with van der Waals surface area (Å²) in [6.45, 7) is 15.0. The van der Waals surface area contributed by atoms with Crippen LogP contribution in [0.4, 0.5) is 0 Å². The van der Waals surface area contributed by atoms with Gasteiger partial charge in [-0.05, 0) is 96.9 Å². The third-order valence-corrected chi connectivity index (χ3v) is 10.5. The normalized spacial score (nSPS) is 45.4. The third-order valence-electron chi connectivity index (χ3n) is 10.5. The largest absolute Gasteiger partial charge is 0.295 e. The van der Waals surface area contributed by atoms with Gasteiger partial charge in [0, 0.05) is 6.42 Å². The molecule has 8 atom stereocenters. The SMILES string of the molecule is CC(C)CCCC(C)C1CCC2C3C(C)CC4=CC(=O)CCC4(C)C3CCC12C. The second-order valence-electron chi connectivity index (χ2n) is 12.6. The summed E-state index contributed by atoms with van der Waals surface area (Å²) < 4.78 is 0. The molecule has 0 radical (unpaired) electrons. The van der Waals surface area contributed by atoms with Crippen LogP contribution < -0.4 is 0 Å². The molecule has 0 saturated heterocycles. The molecule has 0 aliphatic heterocycles. The average Bonchev–Trinajstić information content (AvgIpc) is 3.00. The molecule has 0 spiro atoms. The van der Waals surface area contributed by atoms with Gasteiger partial charge in [-0.2, -0.15) is 0 Å². The molecule has 0 heterocycles. The van der Waals surface area contributed by atoms with Crippen LogP contribution in [0.5, 0.6) is 0 Å². The van der Waals surface area contributed by atoms with Crippen LogP contribution in [-0.4, -0.2) is 5.78 Å². The molecule has 0 aromatic carbocycles. The first kappa shape index (κ1) is 21.6. The fourth-order valence-electron chi connectivity index (χ4n) is 8.93. The Kier molecular flexibility index (Phi) is 5.84. The van der Waals surface area contributed by atoms with E-state index in [0.717, 1.165) is 54.3 Å². The Labute approximate surface area is 180 Å². The fraction of sp³-hybridized carbons (Fsp3) is 0.893. The van der Waals surface area contributed by atoms with Crippen molar-refractivity contribution < 1.29 is 4.79 Å². The minimum absolute atomic E-state index is 0.313. The van der Waals surface area contributed by atoms with Crippen molar-refractivity contribution in [2.24, 2.45) is 52.3 Å². The van der Waals surface area contributed by atoms with E-state index in [9.17, 15) is 4.79 Å². The first-order valence-corrected chi connectivity index (χ1v) is 12.9. The minimum atomic E-state index is 0.313. The van der Waals surface area contributed by atoms with Gasteiger partial charge >= 0.3 is 0 Å². The van der Waals surface area contributed by atoms with Crippen LogP contribution in [0.25, 0.3) is 0 Å². The van der Waals surface area contributed by atoms with Crippen LogP contribution in [-0.2, 0) is 4.79 Å². The summed E-state index contributed by atoms with van der Waals surface area (Å²) in [5, 5.41) is 0. The zero-order valence-electron chi connectivity index (χ0n) is 20.1. The highest BCUT2D eigenvalue weighted by atomic mass is 16.1. The molecule has 0 aromatic rings. The molecule has 0 N–H and O–H groups in total. The van der Waals surface area contributed by atoms with Crippen molar-refractivity contribution in [2.75, 3.05) is 0 Å². The Morgan fingerprint density at radius 1 is 1.03 bits per heavy atom. The Morgan fingerprint density at radius 3 is 2.52 bits per heavy atom. The Balaban J connectivity index is 1.54. The summed E-state index contributed by atoms with van der Waals surface area (Å²) in [6, 6.07) is 0. The van der Waals surface area contributed by atoms with E-state index in [0.29, 0.717) is 16.6 Å². The molecule has 1 nitrogen and oxygen atoms in total. The maximum Gasteiger partial charge on any atom is 0.155 e. The molecule has 4 aliphatic carbocycles. The van der Waals surface area contributed by atoms with Crippen molar-refractivity contribution in [1.29, 1.82) is 0 Å². The highest BCUT2D eigenvalue weighted by molar-refractivity contribution is 5.91. The van der Waals surface area contributed by atoms with Gasteiger partial charge in [0.15, 0.2) is 5.78 Å². The Morgan fingerprint density at radius 2 is 1.79 bits per heavy atom. The molecule has 0 aromatic heterocycles. The van der Waals surface area contributed by atoms with Gasteiger partial charge in [0.1, 0.15) is 0 Å². The minimum Gasteiger partial charge on any atom is -0.295 e. The monoisotopic (exact) mass is 398 g/mol. The highest BCUT2D eigenvalue weighted by Crippen LogP contribution is 2.68. The molecule has 29 heavy (non-hydrogen) atoms. The summed E-state index contributed by atoms with van der Waals surface area (Å²) >= 11 is 0. The van der Waals surface area contributed by atoms with Gasteiger partial charge in [-0.1, -0.05) is 66.4 Å². The van der Waals surface area contributed by atoms with Crippen LogP contribution in [0.15, 0.2) is 11.6 Å². The van der Waals surface area contributed by atoms with Crippen molar-refractivity contribution >= 4 is 5.78 Å².